The van der Waals surface area contributed by atoms with Crippen LogP contribution < -0.4 is 10.9 Å². The lowest BCUT2D eigenvalue weighted by molar-refractivity contribution is -0.149. The topological polar surface area (TPSA) is 76.7 Å². The van der Waals surface area contributed by atoms with E-state index in [4.69, 9.17) is 9.47 Å². The molecular formula is C14H26N2O4. The third kappa shape index (κ3) is 6.23. The monoisotopic (exact) mass is 286 g/mol. The maximum atomic E-state index is 11.7. The molecule has 0 aromatic heterocycles. The van der Waals surface area contributed by atoms with Crippen LogP contribution in [-0.4, -0.2) is 30.3 Å². The first-order valence-electron chi connectivity index (χ1n) is 7.23. The zero-order valence-corrected chi connectivity index (χ0v) is 12.8. The maximum Gasteiger partial charge on any atom is 0.422 e. The summed E-state index contributed by atoms with van der Waals surface area (Å²) in [6, 6.07) is 0.0747. The van der Waals surface area contributed by atoms with Crippen LogP contribution in [0.15, 0.2) is 0 Å². The molecule has 6 nitrogen and oxygen atoms in total. The minimum Gasteiger partial charge on any atom is -0.466 e. The fourth-order valence-electron chi connectivity index (χ4n) is 2.26. The average molecular weight is 286 g/mol. The Kier molecular flexibility index (Phi) is 6.26. The van der Waals surface area contributed by atoms with E-state index < -0.39 is 11.7 Å². The highest BCUT2D eigenvalue weighted by molar-refractivity contribution is 5.72. The number of amides is 1. The van der Waals surface area contributed by atoms with E-state index in [1.807, 2.05) is 20.8 Å². The summed E-state index contributed by atoms with van der Waals surface area (Å²) in [5.74, 6) is -0.224. The second kappa shape index (κ2) is 7.47. The molecule has 0 saturated heterocycles. The highest BCUT2D eigenvalue weighted by Crippen LogP contribution is 2.25. The van der Waals surface area contributed by atoms with Crippen LogP contribution in [0.4, 0.5) is 4.79 Å². The Morgan fingerprint density at radius 2 is 1.95 bits per heavy atom. The first-order chi connectivity index (χ1) is 9.31. The van der Waals surface area contributed by atoms with Gasteiger partial charge in [-0.05, 0) is 47.0 Å². The minimum atomic E-state index is -0.522. The van der Waals surface area contributed by atoms with Gasteiger partial charge in [-0.25, -0.2) is 10.2 Å². The number of hydrogen-bond acceptors (Lipinski definition) is 5. The van der Waals surface area contributed by atoms with Gasteiger partial charge in [-0.2, -0.15) is 0 Å². The minimum absolute atomic E-state index is 0.0747. The fraction of sp³-hybridized carbons (Fsp3) is 0.857. The molecule has 20 heavy (non-hydrogen) atoms. The third-order valence-corrected chi connectivity index (χ3v) is 3.07. The molecule has 0 radical (unpaired) electrons. The van der Waals surface area contributed by atoms with E-state index in [-0.39, 0.29) is 17.9 Å². The molecule has 2 N–H and O–H groups in total. The predicted molar refractivity (Wildman–Crippen MR) is 74.9 cm³/mol. The summed E-state index contributed by atoms with van der Waals surface area (Å²) >= 11 is 0. The van der Waals surface area contributed by atoms with Gasteiger partial charge in [-0.3, -0.25) is 10.2 Å². The molecule has 2 atom stereocenters. The van der Waals surface area contributed by atoms with E-state index in [9.17, 15) is 9.59 Å². The van der Waals surface area contributed by atoms with Crippen molar-refractivity contribution < 1.29 is 19.1 Å². The van der Waals surface area contributed by atoms with Crippen LogP contribution in [0, 0.1) is 5.92 Å². The van der Waals surface area contributed by atoms with Crippen molar-refractivity contribution in [1.29, 1.82) is 0 Å². The SMILES string of the molecule is CCOC(=O)C1CCCC(NNC(=O)OC(C)(C)C)C1. The molecule has 6 heteroatoms. The fourth-order valence-corrected chi connectivity index (χ4v) is 2.26. The van der Waals surface area contributed by atoms with Crippen molar-refractivity contribution >= 4 is 12.1 Å². The van der Waals surface area contributed by atoms with Crippen LogP contribution in [-0.2, 0) is 14.3 Å². The van der Waals surface area contributed by atoms with Gasteiger partial charge < -0.3 is 9.47 Å². The standard InChI is InChI=1S/C14H26N2O4/c1-5-19-12(17)10-7-6-8-11(9-10)15-16-13(18)20-14(2,3)4/h10-11,15H,5-9H2,1-4H3,(H,16,18). The normalized spacial score (nSPS) is 23.0. The van der Waals surface area contributed by atoms with Gasteiger partial charge in [0.25, 0.3) is 0 Å². The van der Waals surface area contributed by atoms with E-state index in [2.05, 4.69) is 10.9 Å². The number of esters is 1. The van der Waals surface area contributed by atoms with E-state index in [0.29, 0.717) is 13.0 Å². The number of hydrogen-bond donors (Lipinski definition) is 2. The highest BCUT2D eigenvalue weighted by atomic mass is 16.6. The highest BCUT2D eigenvalue weighted by Gasteiger charge is 2.28. The van der Waals surface area contributed by atoms with Crippen LogP contribution in [0.5, 0.6) is 0 Å². The molecule has 1 fully saturated rings. The average Bonchev–Trinajstić information content (AvgIpc) is 2.35. The molecule has 2 unspecified atom stereocenters. The lowest BCUT2D eigenvalue weighted by Gasteiger charge is -2.29. The van der Waals surface area contributed by atoms with Gasteiger partial charge in [0.1, 0.15) is 5.60 Å². The van der Waals surface area contributed by atoms with Crippen molar-refractivity contribution in [3.05, 3.63) is 0 Å². The maximum absolute atomic E-state index is 11.7. The Morgan fingerprint density at radius 3 is 2.55 bits per heavy atom. The zero-order chi connectivity index (χ0) is 15.2. The molecule has 1 aliphatic rings. The molecule has 0 spiro atoms. The summed E-state index contributed by atoms with van der Waals surface area (Å²) in [5, 5.41) is 0. The molecule has 0 heterocycles. The van der Waals surface area contributed by atoms with Crippen molar-refractivity contribution in [2.45, 2.75) is 65.0 Å². The summed E-state index contributed by atoms with van der Waals surface area (Å²) in [6.07, 6.45) is 2.89. The molecule has 1 saturated carbocycles. The zero-order valence-electron chi connectivity index (χ0n) is 12.8. The third-order valence-electron chi connectivity index (χ3n) is 3.07. The first kappa shape index (κ1) is 16.8. The van der Waals surface area contributed by atoms with Gasteiger partial charge in [0.2, 0.25) is 0 Å². The second-order valence-corrected chi connectivity index (χ2v) is 6.08. The van der Waals surface area contributed by atoms with Crippen molar-refractivity contribution in [2.24, 2.45) is 5.92 Å². The lowest BCUT2D eigenvalue weighted by Crippen LogP contribution is -2.48. The molecule has 0 aromatic rings. The number of hydrazine groups is 1. The molecule has 0 bridgehead atoms. The van der Waals surface area contributed by atoms with Crippen molar-refractivity contribution in [3.63, 3.8) is 0 Å². The number of carbonyl (C=O) groups is 2. The smallest absolute Gasteiger partial charge is 0.422 e. The summed E-state index contributed by atoms with van der Waals surface area (Å²) in [5.41, 5.74) is 4.95. The van der Waals surface area contributed by atoms with Crippen LogP contribution >= 0.6 is 0 Å². The van der Waals surface area contributed by atoms with Crippen LogP contribution in [0.3, 0.4) is 0 Å². The largest absolute Gasteiger partial charge is 0.466 e. The Balaban J connectivity index is 2.33. The Hall–Kier alpha value is -1.30. The Morgan fingerprint density at radius 1 is 1.25 bits per heavy atom. The van der Waals surface area contributed by atoms with Gasteiger partial charge in [-0.1, -0.05) is 6.42 Å². The number of carbonyl (C=O) groups excluding carboxylic acids is 2. The molecule has 1 amide bonds. The lowest BCUT2D eigenvalue weighted by atomic mass is 9.86. The Labute approximate surface area is 120 Å². The van der Waals surface area contributed by atoms with Crippen LogP contribution in [0.2, 0.25) is 0 Å². The summed E-state index contributed by atoms with van der Waals surface area (Å²) in [7, 11) is 0. The van der Waals surface area contributed by atoms with E-state index in [0.717, 1.165) is 19.3 Å². The molecule has 0 aromatic carbocycles. The molecular weight excluding hydrogens is 260 g/mol. The van der Waals surface area contributed by atoms with Crippen molar-refractivity contribution in [3.8, 4) is 0 Å². The van der Waals surface area contributed by atoms with Crippen molar-refractivity contribution in [1.82, 2.24) is 10.9 Å². The quantitative estimate of drug-likeness (QED) is 0.611. The van der Waals surface area contributed by atoms with Gasteiger partial charge in [-0.15, -0.1) is 0 Å². The summed E-state index contributed by atoms with van der Waals surface area (Å²) < 4.78 is 10.2. The van der Waals surface area contributed by atoms with Gasteiger partial charge in [0.15, 0.2) is 0 Å². The van der Waals surface area contributed by atoms with Gasteiger partial charge in [0.05, 0.1) is 12.5 Å². The molecule has 1 rings (SSSR count). The van der Waals surface area contributed by atoms with E-state index in [1.54, 1.807) is 6.92 Å². The predicted octanol–water partition coefficient (Wildman–Crippen LogP) is 2.14. The van der Waals surface area contributed by atoms with Crippen molar-refractivity contribution in [2.75, 3.05) is 6.61 Å². The molecule has 116 valence electrons. The second-order valence-electron chi connectivity index (χ2n) is 6.08. The molecule has 0 aliphatic heterocycles. The van der Waals surface area contributed by atoms with E-state index in [1.165, 1.54) is 0 Å². The van der Waals surface area contributed by atoms with Gasteiger partial charge in [0, 0.05) is 6.04 Å². The van der Waals surface area contributed by atoms with Crippen LogP contribution in [0.1, 0.15) is 53.4 Å². The number of rotatable bonds is 4. The number of ether oxygens (including phenoxy) is 2. The summed E-state index contributed by atoms with van der Waals surface area (Å²) in [6.45, 7) is 7.64. The first-order valence-corrected chi connectivity index (χ1v) is 7.23. The summed E-state index contributed by atoms with van der Waals surface area (Å²) in [4.78, 5) is 23.2. The number of nitrogens with one attached hydrogen (secondary N) is 2. The van der Waals surface area contributed by atoms with E-state index >= 15 is 0 Å². The Bertz CT molecular complexity index is 339. The van der Waals surface area contributed by atoms with Gasteiger partial charge >= 0.3 is 12.1 Å². The molecule has 1 aliphatic carbocycles. The van der Waals surface area contributed by atoms with Crippen LogP contribution in [0.25, 0.3) is 0 Å².